The van der Waals surface area contributed by atoms with E-state index < -0.39 is 0 Å². The first kappa shape index (κ1) is 9.89. The molecule has 3 nitrogen and oxygen atoms in total. The summed E-state index contributed by atoms with van der Waals surface area (Å²) in [6.07, 6.45) is 1.75. The van der Waals surface area contributed by atoms with Crippen molar-refractivity contribution in [1.82, 2.24) is 9.97 Å². The highest BCUT2D eigenvalue weighted by Gasteiger charge is 2.08. The van der Waals surface area contributed by atoms with Crippen LogP contribution in [0.4, 0.5) is 10.2 Å². The number of aromatic nitrogens is 2. The molecule has 72 valence electrons. The Morgan fingerprint density at radius 1 is 1.38 bits per heavy atom. The molecule has 0 aromatic carbocycles. The van der Waals surface area contributed by atoms with Gasteiger partial charge in [-0.25, -0.2) is 14.4 Å². The van der Waals surface area contributed by atoms with E-state index in [-0.39, 0.29) is 11.6 Å². The second-order valence-corrected chi connectivity index (χ2v) is 2.89. The van der Waals surface area contributed by atoms with E-state index in [1.807, 2.05) is 6.92 Å². The van der Waals surface area contributed by atoms with Crippen LogP contribution in [-0.2, 0) is 6.42 Å². The van der Waals surface area contributed by atoms with Gasteiger partial charge in [0, 0.05) is 13.5 Å². The number of nitrogens with zero attached hydrogens (tertiary/aromatic N) is 2. The van der Waals surface area contributed by atoms with E-state index in [2.05, 4.69) is 15.3 Å². The summed E-state index contributed by atoms with van der Waals surface area (Å²) in [5, 5.41) is 2.71. The van der Waals surface area contributed by atoms with Crippen LogP contribution in [0.15, 0.2) is 0 Å². The number of hydrogen-bond donors (Lipinski definition) is 1. The summed E-state index contributed by atoms with van der Waals surface area (Å²) in [6.45, 7) is 3.69. The van der Waals surface area contributed by atoms with Gasteiger partial charge in [0.25, 0.3) is 0 Å². The monoisotopic (exact) mass is 183 g/mol. The van der Waals surface area contributed by atoms with Crippen LogP contribution in [0.2, 0.25) is 0 Å². The van der Waals surface area contributed by atoms with Crippen molar-refractivity contribution in [2.75, 3.05) is 12.4 Å². The molecule has 0 atom stereocenters. The molecule has 0 bridgehead atoms. The number of rotatable bonds is 3. The zero-order chi connectivity index (χ0) is 9.84. The third-order valence-corrected chi connectivity index (χ3v) is 1.77. The molecule has 13 heavy (non-hydrogen) atoms. The molecule has 0 saturated carbocycles. The lowest BCUT2D eigenvalue weighted by atomic mass is 10.3. The Balaban J connectivity index is 3.06. The van der Waals surface area contributed by atoms with Crippen LogP contribution in [0.25, 0.3) is 0 Å². The van der Waals surface area contributed by atoms with Crippen LogP contribution in [0.1, 0.15) is 24.9 Å². The SMILES string of the molecule is CCCc1nc(C)c(F)c(NC)n1. The lowest BCUT2D eigenvalue weighted by Gasteiger charge is -2.05. The molecule has 4 heteroatoms. The minimum absolute atomic E-state index is 0.288. The van der Waals surface area contributed by atoms with Crippen LogP contribution in [0.3, 0.4) is 0 Å². The normalized spacial score (nSPS) is 10.2. The van der Waals surface area contributed by atoms with Crippen molar-refractivity contribution in [3.8, 4) is 0 Å². The van der Waals surface area contributed by atoms with Gasteiger partial charge in [0.05, 0.1) is 5.69 Å². The fourth-order valence-corrected chi connectivity index (χ4v) is 1.12. The molecule has 0 saturated heterocycles. The van der Waals surface area contributed by atoms with E-state index in [1.165, 1.54) is 0 Å². The van der Waals surface area contributed by atoms with Crippen LogP contribution in [0, 0.1) is 12.7 Å². The van der Waals surface area contributed by atoms with Crippen LogP contribution in [-0.4, -0.2) is 17.0 Å². The Bertz CT molecular complexity index is 299. The van der Waals surface area contributed by atoms with E-state index in [0.717, 1.165) is 12.8 Å². The predicted octanol–water partition coefficient (Wildman–Crippen LogP) is 1.92. The summed E-state index contributed by atoms with van der Waals surface area (Å²) in [5.74, 6) is 0.629. The zero-order valence-corrected chi connectivity index (χ0v) is 8.19. The van der Waals surface area contributed by atoms with Gasteiger partial charge in [-0.3, -0.25) is 0 Å². The van der Waals surface area contributed by atoms with Crippen molar-refractivity contribution in [2.45, 2.75) is 26.7 Å². The molecule has 1 rings (SSSR count). The van der Waals surface area contributed by atoms with E-state index >= 15 is 0 Å². The molecule has 0 fully saturated rings. The summed E-state index contributed by atoms with van der Waals surface area (Å²) in [5.41, 5.74) is 0.405. The predicted molar refractivity (Wildman–Crippen MR) is 50.3 cm³/mol. The molecule has 0 amide bonds. The zero-order valence-electron chi connectivity index (χ0n) is 8.19. The highest BCUT2D eigenvalue weighted by Crippen LogP contribution is 2.13. The first-order valence-corrected chi connectivity index (χ1v) is 4.39. The van der Waals surface area contributed by atoms with Gasteiger partial charge in [-0.15, -0.1) is 0 Å². The minimum atomic E-state index is -0.359. The molecule has 0 aliphatic carbocycles. The number of nitrogens with one attached hydrogen (secondary N) is 1. The minimum Gasteiger partial charge on any atom is -0.371 e. The topological polar surface area (TPSA) is 37.8 Å². The summed E-state index contributed by atoms with van der Waals surface area (Å²) >= 11 is 0. The maximum absolute atomic E-state index is 13.2. The van der Waals surface area contributed by atoms with E-state index in [0.29, 0.717) is 11.5 Å². The van der Waals surface area contributed by atoms with Gasteiger partial charge >= 0.3 is 0 Å². The number of anilines is 1. The summed E-state index contributed by atoms with van der Waals surface area (Å²) in [6, 6.07) is 0. The molecule has 1 aromatic heterocycles. The maximum Gasteiger partial charge on any atom is 0.186 e. The Morgan fingerprint density at radius 3 is 2.62 bits per heavy atom. The molecular formula is C9H14FN3. The number of hydrogen-bond acceptors (Lipinski definition) is 3. The largest absolute Gasteiger partial charge is 0.371 e. The van der Waals surface area contributed by atoms with E-state index in [1.54, 1.807) is 14.0 Å². The standard InChI is InChI=1S/C9H14FN3/c1-4-5-7-12-6(2)8(10)9(11-3)13-7/h4-5H2,1-3H3,(H,11,12,13). The summed E-state index contributed by atoms with van der Waals surface area (Å²) < 4.78 is 13.2. The van der Waals surface area contributed by atoms with Gasteiger partial charge < -0.3 is 5.32 Å². The van der Waals surface area contributed by atoms with Crippen molar-refractivity contribution >= 4 is 5.82 Å². The first-order chi connectivity index (χ1) is 6.19. The van der Waals surface area contributed by atoms with E-state index in [4.69, 9.17) is 0 Å². The Kier molecular flexibility index (Phi) is 3.17. The molecule has 0 aliphatic rings. The molecule has 0 spiro atoms. The second kappa shape index (κ2) is 4.16. The number of aryl methyl sites for hydroxylation is 2. The molecule has 0 unspecified atom stereocenters. The fourth-order valence-electron chi connectivity index (χ4n) is 1.12. The quantitative estimate of drug-likeness (QED) is 0.778. The average Bonchev–Trinajstić information content (AvgIpc) is 2.11. The van der Waals surface area contributed by atoms with E-state index in [9.17, 15) is 4.39 Å². The maximum atomic E-state index is 13.2. The van der Waals surface area contributed by atoms with Gasteiger partial charge in [0.15, 0.2) is 11.6 Å². The first-order valence-electron chi connectivity index (χ1n) is 4.39. The average molecular weight is 183 g/mol. The van der Waals surface area contributed by atoms with Crippen molar-refractivity contribution < 1.29 is 4.39 Å². The van der Waals surface area contributed by atoms with Gasteiger partial charge in [0.2, 0.25) is 0 Å². The van der Waals surface area contributed by atoms with Crippen molar-refractivity contribution in [2.24, 2.45) is 0 Å². The Hall–Kier alpha value is -1.19. The number of halogens is 1. The molecule has 0 radical (unpaired) electrons. The molecular weight excluding hydrogens is 169 g/mol. The molecule has 1 N–H and O–H groups in total. The van der Waals surface area contributed by atoms with Crippen LogP contribution in [0.5, 0.6) is 0 Å². The van der Waals surface area contributed by atoms with Gasteiger partial charge in [-0.1, -0.05) is 6.92 Å². The van der Waals surface area contributed by atoms with Crippen molar-refractivity contribution in [3.63, 3.8) is 0 Å². The summed E-state index contributed by atoms with van der Waals surface area (Å²) in [7, 11) is 1.65. The lowest BCUT2D eigenvalue weighted by molar-refractivity contribution is 0.600. The molecule has 1 aromatic rings. The summed E-state index contributed by atoms with van der Waals surface area (Å²) in [4.78, 5) is 8.09. The van der Waals surface area contributed by atoms with Crippen LogP contribution >= 0.6 is 0 Å². The third-order valence-electron chi connectivity index (χ3n) is 1.77. The lowest BCUT2D eigenvalue weighted by Crippen LogP contribution is -2.05. The molecule has 1 heterocycles. The second-order valence-electron chi connectivity index (χ2n) is 2.89. The van der Waals surface area contributed by atoms with Crippen molar-refractivity contribution in [3.05, 3.63) is 17.3 Å². The molecule has 0 aliphatic heterocycles. The highest BCUT2D eigenvalue weighted by molar-refractivity contribution is 5.37. The Labute approximate surface area is 77.4 Å². The van der Waals surface area contributed by atoms with Gasteiger partial charge in [0.1, 0.15) is 5.82 Å². The third kappa shape index (κ3) is 2.14. The fraction of sp³-hybridized carbons (Fsp3) is 0.556. The van der Waals surface area contributed by atoms with Crippen molar-refractivity contribution in [1.29, 1.82) is 0 Å². The van der Waals surface area contributed by atoms with Gasteiger partial charge in [-0.2, -0.15) is 0 Å². The Morgan fingerprint density at radius 2 is 2.08 bits per heavy atom. The smallest absolute Gasteiger partial charge is 0.186 e. The highest BCUT2D eigenvalue weighted by atomic mass is 19.1. The van der Waals surface area contributed by atoms with Gasteiger partial charge in [-0.05, 0) is 13.3 Å². The van der Waals surface area contributed by atoms with Crippen LogP contribution < -0.4 is 5.32 Å².